The minimum atomic E-state index is -0.383. The van der Waals surface area contributed by atoms with Crippen molar-refractivity contribution in [2.75, 3.05) is 13.1 Å². The summed E-state index contributed by atoms with van der Waals surface area (Å²) in [5.41, 5.74) is 5.28. The summed E-state index contributed by atoms with van der Waals surface area (Å²) in [7, 11) is 0. The van der Waals surface area contributed by atoms with Gasteiger partial charge in [-0.1, -0.05) is 24.6 Å². The van der Waals surface area contributed by atoms with Gasteiger partial charge in [0.25, 0.3) is 0 Å². The number of aromatic nitrogens is 3. The minimum Gasteiger partial charge on any atom is -0.467 e. The number of carbonyl (C=O) groups is 2. The van der Waals surface area contributed by atoms with Crippen LogP contribution in [0, 0.1) is 0 Å². The van der Waals surface area contributed by atoms with Crippen molar-refractivity contribution in [1.29, 1.82) is 0 Å². The van der Waals surface area contributed by atoms with E-state index in [1.807, 2.05) is 28.5 Å². The average Bonchev–Trinajstić information content (AvgIpc) is 3.22. The van der Waals surface area contributed by atoms with Gasteiger partial charge in [-0.15, -0.1) is 10.2 Å². The van der Waals surface area contributed by atoms with Gasteiger partial charge >= 0.3 is 0 Å². The summed E-state index contributed by atoms with van der Waals surface area (Å²) in [6.45, 7) is 4.01. The Kier molecular flexibility index (Phi) is 7.13. The van der Waals surface area contributed by atoms with Gasteiger partial charge in [0, 0.05) is 25.9 Å². The molecule has 0 aliphatic carbocycles. The second-order valence-corrected chi connectivity index (χ2v) is 8.34. The van der Waals surface area contributed by atoms with Crippen LogP contribution in [0.25, 0.3) is 0 Å². The Morgan fingerprint density at radius 2 is 2.00 bits per heavy atom. The second kappa shape index (κ2) is 9.77. The number of primary amides is 1. The quantitative estimate of drug-likeness (QED) is 0.675. The van der Waals surface area contributed by atoms with Crippen LogP contribution >= 0.6 is 11.8 Å². The van der Waals surface area contributed by atoms with E-state index in [2.05, 4.69) is 10.2 Å². The first-order valence-corrected chi connectivity index (χ1v) is 10.6. The van der Waals surface area contributed by atoms with Crippen LogP contribution in [0.2, 0.25) is 0 Å². The van der Waals surface area contributed by atoms with E-state index in [0.29, 0.717) is 23.9 Å². The molecule has 3 rings (SSSR count). The SMILES string of the molecule is CC(Sc1nnc(CCC(N)=O)n1Cc1ccco1)C(=O)N1CCCCCC1. The lowest BCUT2D eigenvalue weighted by atomic mass is 10.2. The predicted octanol–water partition coefficient (Wildman–Crippen LogP) is 2.22. The maximum absolute atomic E-state index is 12.9. The smallest absolute Gasteiger partial charge is 0.235 e. The molecule has 0 bridgehead atoms. The second-order valence-electron chi connectivity index (χ2n) is 7.03. The Morgan fingerprint density at radius 3 is 2.64 bits per heavy atom. The molecule has 9 heteroatoms. The molecule has 8 nitrogen and oxygen atoms in total. The summed E-state index contributed by atoms with van der Waals surface area (Å²) in [6.07, 6.45) is 6.71. The van der Waals surface area contributed by atoms with E-state index in [9.17, 15) is 9.59 Å². The summed E-state index contributed by atoms with van der Waals surface area (Å²) in [5, 5.41) is 8.88. The van der Waals surface area contributed by atoms with Gasteiger partial charge in [-0.25, -0.2) is 0 Å². The van der Waals surface area contributed by atoms with Crippen molar-refractivity contribution in [3.8, 4) is 0 Å². The largest absolute Gasteiger partial charge is 0.467 e. The highest BCUT2D eigenvalue weighted by atomic mass is 32.2. The average molecular weight is 406 g/mol. The first-order valence-electron chi connectivity index (χ1n) is 9.73. The van der Waals surface area contributed by atoms with Crippen molar-refractivity contribution in [1.82, 2.24) is 19.7 Å². The van der Waals surface area contributed by atoms with Gasteiger partial charge in [0.15, 0.2) is 5.16 Å². The molecule has 0 aromatic carbocycles. The Morgan fingerprint density at radius 1 is 1.25 bits per heavy atom. The van der Waals surface area contributed by atoms with E-state index in [0.717, 1.165) is 31.7 Å². The van der Waals surface area contributed by atoms with Crippen LogP contribution in [0.15, 0.2) is 28.0 Å². The number of carbonyl (C=O) groups excluding carboxylic acids is 2. The Balaban J connectivity index is 1.73. The number of hydrogen-bond acceptors (Lipinski definition) is 6. The molecular weight excluding hydrogens is 378 g/mol. The zero-order valence-electron chi connectivity index (χ0n) is 16.2. The molecule has 0 spiro atoms. The van der Waals surface area contributed by atoms with Gasteiger partial charge in [-0.05, 0) is 31.9 Å². The van der Waals surface area contributed by atoms with Gasteiger partial charge in [0.05, 0.1) is 18.1 Å². The number of hydrogen-bond donors (Lipinski definition) is 1. The number of likely N-dealkylation sites (tertiary alicyclic amines) is 1. The Bertz CT molecular complexity index is 782. The van der Waals surface area contributed by atoms with E-state index < -0.39 is 0 Å². The highest BCUT2D eigenvalue weighted by Gasteiger charge is 2.25. The molecule has 3 heterocycles. The predicted molar refractivity (Wildman–Crippen MR) is 106 cm³/mol. The van der Waals surface area contributed by atoms with Gasteiger partial charge in [-0.3, -0.25) is 14.2 Å². The van der Waals surface area contributed by atoms with Crippen LogP contribution in [0.5, 0.6) is 0 Å². The maximum Gasteiger partial charge on any atom is 0.235 e. The van der Waals surface area contributed by atoms with Crippen LogP contribution in [0.3, 0.4) is 0 Å². The number of nitrogens with two attached hydrogens (primary N) is 1. The minimum absolute atomic E-state index is 0.137. The summed E-state index contributed by atoms with van der Waals surface area (Å²) < 4.78 is 7.35. The van der Waals surface area contributed by atoms with Crippen LogP contribution in [0.1, 0.15) is 50.6 Å². The van der Waals surface area contributed by atoms with Crippen molar-refractivity contribution < 1.29 is 14.0 Å². The molecule has 2 aromatic rings. The molecule has 1 aliphatic heterocycles. The summed E-state index contributed by atoms with van der Waals surface area (Å²) >= 11 is 1.40. The van der Waals surface area contributed by atoms with E-state index in [1.165, 1.54) is 24.6 Å². The molecule has 1 aliphatic rings. The number of aryl methyl sites for hydroxylation is 1. The van der Waals surface area contributed by atoms with Crippen molar-refractivity contribution >= 4 is 23.6 Å². The fourth-order valence-corrected chi connectivity index (χ4v) is 4.25. The monoisotopic (exact) mass is 405 g/mol. The molecule has 1 atom stereocenters. The molecule has 2 amide bonds. The van der Waals surface area contributed by atoms with E-state index >= 15 is 0 Å². The number of rotatable bonds is 8. The molecule has 1 fully saturated rings. The lowest BCUT2D eigenvalue weighted by Crippen LogP contribution is -2.37. The number of furan rings is 1. The number of thioether (sulfide) groups is 1. The fourth-order valence-electron chi connectivity index (χ4n) is 3.30. The lowest BCUT2D eigenvalue weighted by Gasteiger charge is -2.23. The third-order valence-corrected chi connectivity index (χ3v) is 5.90. The van der Waals surface area contributed by atoms with Crippen LogP contribution < -0.4 is 5.73 Å². The zero-order chi connectivity index (χ0) is 19.9. The Hall–Kier alpha value is -2.29. The van der Waals surface area contributed by atoms with E-state index in [-0.39, 0.29) is 23.5 Å². The van der Waals surface area contributed by atoms with Crippen LogP contribution in [-0.4, -0.2) is 49.8 Å². The molecule has 28 heavy (non-hydrogen) atoms. The topological polar surface area (TPSA) is 107 Å². The third kappa shape index (κ3) is 5.37. The van der Waals surface area contributed by atoms with E-state index in [4.69, 9.17) is 10.2 Å². The summed E-state index contributed by atoms with van der Waals surface area (Å²) in [5.74, 6) is 1.17. The maximum atomic E-state index is 12.9. The molecule has 152 valence electrons. The van der Waals surface area contributed by atoms with Crippen LogP contribution in [-0.2, 0) is 22.6 Å². The van der Waals surface area contributed by atoms with Crippen molar-refractivity contribution in [3.63, 3.8) is 0 Å². The molecule has 0 saturated carbocycles. The molecule has 2 aromatic heterocycles. The highest BCUT2D eigenvalue weighted by Crippen LogP contribution is 2.26. The first kappa shape index (κ1) is 20.4. The highest BCUT2D eigenvalue weighted by molar-refractivity contribution is 8.00. The first-order chi connectivity index (χ1) is 13.5. The lowest BCUT2D eigenvalue weighted by molar-refractivity contribution is -0.130. The van der Waals surface area contributed by atoms with Gasteiger partial charge in [-0.2, -0.15) is 0 Å². The van der Waals surface area contributed by atoms with Crippen LogP contribution in [0.4, 0.5) is 0 Å². The van der Waals surface area contributed by atoms with Crippen molar-refractivity contribution in [2.45, 2.75) is 62.4 Å². The molecule has 1 saturated heterocycles. The standard InChI is InChI=1S/C19H27N5O3S/c1-14(18(26)23-10-4-2-3-5-11-23)28-19-22-21-17(9-8-16(20)25)24(19)13-15-7-6-12-27-15/h6-7,12,14H,2-5,8-11,13H2,1H3,(H2,20,25). The van der Waals surface area contributed by atoms with Crippen molar-refractivity contribution in [2.24, 2.45) is 5.73 Å². The third-order valence-electron chi connectivity index (χ3n) is 4.83. The van der Waals surface area contributed by atoms with Gasteiger partial charge in [0.2, 0.25) is 11.8 Å². The molecule has 2 N–H and O–H groups in total. The summed E-state index contributed by atoms with van der Waals surface area (Å²) in [6, 6.07) is 3.69. The van der Waals surface area contributed by atoms with Gasteiger partial charge in [0.1, 0.15) is 11.6 Å². The van der Waals surface area contributed by atoms with Gasteiger partial charge < -0.3 is 15.1 Å². The normalized spacial score (nSPS) is 16.0. The zero-order valence-corrected chi connectivity index (χ0v) is 17.0. The Labute approximate surface area is 168 Å². The summed E-state index contributed by atoms with van der Waals surface area (Å²) in [4.78, 5) is 26.0. The molecule has 0 radical (unpaired) electrons. The number of nitrogens with zero attached hydrogens (tertiary/aromatic N) is 4. The number of amides is 2. The fraction of sp³-hybridized carbons (Fsp3) is 0.579. The van der Waals surface area contributed by atoms with E-state index in [1.54, 1.807) is 6.26 Å². The van der Waals surface area contributed by atoms with Crippen molar-refractivity contribution in [3.05, 3.63) is 30.0 Å². The molecule has 1 unspecified atom stereocenters. The molecular formula is C19H27N5O3S.